The van der Waals surface area contributed by atoms with E-state index in [4.69, 9.17) is 0 Å². The highest BCUT2D eigenvalue weighted by Gasteiger charge is 2.25. The summed E-state index contributed by atoms with van der Waals surface area (Å²) >= 11 is 1.50. The Bertz CT molecular complexity index is 430. The summed E-state index contributed by atoms with van der Waals surface area (Å²) in [6.45, 7) is 2.55. The first-order chi connectivity index (χ1) is 7.23. The van der Waals surface area contributed by atoms with Gasteiger partial charge in [0.15, 0.2) is 5.82 Å². The number of carbonyl (C=O) groups excluding carboxylic acids is 1. The first-order valence-electron chi connectivity index (χ1n) is 4.41. The Morgan fingerprint density at radius 3 is 2.50 bits per heavy atom. The van der Waals surface area contributed by atoms with Crippen molar-refractivity contribution in [3.05, 3.63) is 27.3 Å². The molecule has 88 valence electrons. The number of rotatable bonds is 2. The molecule has 3 nitrogen and oxygen atoms in total. The minimum Gasteiger partial charge on any atom is -0.381 e. The molecule has 1 aromatic rings. The van der Waals surface area contributed by atoms with E-state index in [2.05, 4.69) is 5.32 Å². The van der Waals surface area contributed by atoms with Gasteiger partial charge in [-0.05, 0) is 48.6 Å². The molecule has 0 atom stereocenters. The van der Waals surface area contributed by atoms with Crippen LogP contribution in [0, 0.1) is 15.2 Å². The van der Waals surface area contributed by atoms with Gasteiger partial charge in [-0.25, -0.2) is 8.78 Å². The quantitative estimate of drug-likeness (QED) is 0.641. The molecule has 0 unspecified atom stereocenters. The molecule has 16 heavy (non-hydrogen) atoms. The van der Waals surface area contributed by atoms with Gasteiger partial charge in [0.25, 0.3) is 5.91 Å². The fourth-order valence-corrected chi connectivity index (χ4v) is 1.37. The van der Waals surface area contributed by atoms with Crippen molar-refractivity contribution < 1.29 is 18.7 Å². The van der Waals surface area contributed by atoms with Gasteiger partial charge in [-0.2, -0.15) is 0 Å². The minimum absolute atomic E-state index is 0.155. The van der Waals surface area contributed by atoms with Crippen molar-refractivity contribution in [2.45, 2.75) is 19.4 Å². The zero-order chi connectivity index (χ0) is 12.5. The highest BCUT2D eigenvalue weighted by atomic mass is 127. The van der Waals surface area contributed by atoms with Crippen molar-refractivity contribution >= 4 is 34.2 Å². The van der Waals surface area contributed by atoms with Crippen LogP contribution in [-0.2, 0) is 4.79 Å². The van der Waals surface area contributed by atoms with Gasteiger partial charge >= 0.3 is 0 Å². The average Bonchev–Trinajstić information content (AvgIpc) is 2.17. The van der Waals surface area contributed by atoms with E-state index in [1.165, 1.54) is 36.4 Å². The first-order valence-corrected chi connectivity index (χ1v) is 5.48. The van der Waals surface area contributed by atoms with E-state index in [1.54, 1.807) is 0 Å². The number of hydrogen-bond donors (Lipinski definition) is 2. The maximum Gasteiger partial charge on any atom is 0.255 e. The van der Waals surface area contributed by atoms with Crippen LogP contribution in [0.2, 0.25) is 0 Å². The van der Waals surface area contributed by atoms with Crippen molar-refractivity contribution in [3.63, 3.8) is 0 Å². The molecule has 0 radical (unpaired) electrons. The molecule has 0 heterocycles. The third kappa shape index (κ3) is 2.88. The van der Waals surface area contributed by atoms with Crippen molar-refractivity contribution in [2.75, 3.05) is 5.32 Å². The Balaban J connectivity index is 3.00. The molecule has 2 N–H and O–H groups in total. The van der Waals surface area contributed by atoms with Crippen LogP contribution in [0.4, 0.5) is 14.5 Å². The highest BCUT2D eigenvalue weighted by Crippen LogP contribution is 2.23. The maximum atomic E-state index is 13.5. The molecule has 0 aliphatic carbocycles. The van der Waals surface area contributed by atoms with Gasteiger partial charge < -0.3 is 10.4 Å². The lowest BCUT2D eigenvalue weighted by atomic mass is 10.1. The third-order valence-corrected chi connectivity index (χ3v) is 2.83. The Morgan fingerprint density at radius 2 is 2.00 bits per heavy atom. The number of anilines is 1. The number of nitrogens with one attached hydrogen (secondary N) is 1. The standard InChI is InChI=1S/C10H10F2INO2/c1-10(2,16)9(15)14-6-4-3-5(11)8(13)7(6)12/h3-4,16H,1-2H3,(H,14,15). The number of benzene rings is 1. The summed E-state index contributed by atoms with van der Waals surface area (Å²) in [5, 5.41) is 11.5. The van der Waals surface area contributed by atoms with Crippen molar-refractivity contribution in [1.82, 2.24) is 0 Å². The van der Waals surface area contributed by atoms with Gasteiger partial charge in [0.05, 0.1) is 9.26 Å². The van der Waals surface area contributed by atoms with Crippen molar-refractivity contribution in [3.8, 4) is 0 Å². The lowest BCUT2D eigenvalue weighted by Crippen LogP contribution is -2.37. The van der Waals surface area contributed by atoms with E-state index in [-0.39, 0.29) is 9.26 Å². The summed E-state index contributed by atoms with van der Waals surface area (Å²) < 4.78 is 26.2. The number of hydrogen-bond acceptors (Lipinski definition) is 2. The van der Waals surface area contributed by atoms with Crippen molar-refractivity contribution in [1.29, 1.82) is 0 Å². The van der Waals surface area contributed by atoms with Crippen LogP contribution >= 0.6 is 22.6 Å². The van der Waals surface area contributed by atoms with Crippen LogP contribution in [0.5, 0.6) is 0 Å². The maximum absolute atomic E-state index is 13.5. The van der Waals surface area contributed by atoms with E-state index >= 15 is 0 Å². The fourth-order valence-electron chi connectivity index (χ4n) is 0.898. The predicted molar refractivity (Wildman–Crippen MR) is 64.0 cm³/mol. The molecule has 1 amide bonds. The predicted octanol–water partition coefficient (Wildman–Crippen LogP) is 2.28. The van der Waals surface area contributed by atoms with Gasteiger partial charge in [0.2, 0.25) is 0 Å². The molecule has 0 aliphatic heterocycles. The lowest BCUT2D eigenvalue weighted by molar-refractivity contribution is -0.130. The van der Waals surface area contributed by atoms with E-state index in [0.717, 1.165) is 12.1 Å². The fraction of sp³-hybridized carbons (Fsp3) is 0.300. The molecule has 0 aliphatic rings. The summed E-state index contributed by atoms with van der Waals surface area (Å²) in [6.07, 6.45) is 0. The van der Waals surface area contributed by atoms with E-state index in [1.807, 2.05) is 0 Å². The highest BCUT2D eigenvalue weighted by molar-refractivity contribution is 14.1. The zero-order valence-electron chi connectivity index (χ0n) is 8.64. The SMILES string of the molecule is CC(C)(O)C(=O)Nc1ccc(F)c(I)c1F. The van der Waals surface area contributed by atoms with Crippen LogP contribution in [0.15, 0.2) is 12.1 Å². The van der Waals surface area contributed by atoms with Crippen LogP contribution in [0.3, 0.4) is 0 Å². The van der Waals surface area contributed by atoms with Gasteiger partial charge in [-0.3, -0.25) is 4.79 Å². The Hall–Kier alpha value is -0.760. The van der Waals surface area contributed by atoms with E-state index < -0.39 is 23.1 Å². The smallest absolute Gasteiger partial charge is 0.255 e. The molecule has 0 saturated carbocycles. The molecule has 0 saturated heterocycles. The molecule has 6 heteroatoms. The Kier molecular flexibility index (Phi) is 3.84. The largest absolute Gasteiger partial charge is 0.381 e. The van der Waals surface area contributed by atoms with Crippen LogP contribution < -0.4 is 5.32 Å². The molecular formula is C10H10F2INO2. The first kappa shape index (κ1) is 13.3. The molecule has 1 rings (SSSR count). The number of carbonyl (C=O) groups is 1. The summed E-state index contributed by atoms with van der Waals surface area (Å²) in [6, 6.07) is 2.15. The molecule has 0 spiro atoms. The summed E-state index contributed by atoms with van der Waals surface area (Å²) in [5.41, 5.74) is -1.77. The van der Waals surface area contributed by atoms with Gasteiger partial charge in [0.1, 0.15) is 11.4 Å². The molecule has 1 aromatic carbocycles. The average molecular weight is 341 g/mol. The summed E-state index contributed by atoms with van der Waals surface area (Å²) in [5.74, 6) is -2.30. The number of halogens is 3. The molecule has 0 bridgehead atoms. The molecular weight excluding hydrogens is 331 g/mol. The van der Waals surface area contributed by atoms with E-state index in [9.17, 15) is 18.7 Å². The van der Waals surface area contributed by atoms with Gasteiger partial charge in [-0.15, -0.1) is 0 Å². The third-order valence-electron chi connectivity index (χ3n) is 1.84. The van der Waals surface area contributed by atoms with Crippen LogP contribution in [-0.4, -0.2) is 16.6 Å². The van der Waals surface area contributed by atoms with Crippen LogP contribution in [0.1, 0.15) is 13.8 Å². The lowest BCUT2D eigenvalue weighted by Gasteiger charge is -2.17. The number of amides is 1. The Labute approximate surface area is 105 Å². The molecule has 0 fully saturated rings. The van der Waals surface area contributed by atoms with Crippen molar-refractivity contribution in [2.24, 2.45) is 0 Å². The zero-order valence-corrected chi connectivity index (χ0v) is 10.8. The topological polar surface area (TPSA) is 49.3 Å². The van der Waals surface area contributed by atoms with Gasteiger partial charge in [0, 0.05) is 0 Å². The number of aliphatic hydroxyl groups is 1. The second-order valence-electron chi connectivity index (χ2n) is 3.74. The monoisotopic (exact) mass is 341 g/mol. The molecule has 0 aromatic heterocycles. The van der Waals surface area contributed by atoms with E-state index in [0.29, 0.717) is 0 Å². The second-order valence-corrected chi connectivity index (χ2v) is 4.81. The summed E-state index contributed by atoms with van der Waals surface area (Å²) in [4.78, 5) is 11.4. The Morgan fingerprint density at radius 1 is 1.44 bits per heavy atom. The normalized spacial score (nSPS) is 11.4. The van der Waals surface area contributed by atoms with Crippen LogP contribution in [0.25, 0.3) is 0 Å². The summed E-state index contributed by atoms with van der Waals surface area (Å²) in [7, 11) is 0. The second kappa shape index (κ2) is 4.62. The minimum atomic E-state index is -1.62. The van der Waals surface area contributed by atoms with Gasteiger partial charge in [-0.1, -0.05) is 0 Å².